The van der Waals surface area contributed by atoms with Gasteiger partial charge in [-0.1, -0.05) is 18.2 Å². The van der Waals surface area contributed by atoms with Gasteiger partial charge < -0.3 is 10.1 Å². The summed E-state index contributed by atoms with van der Waals surface area (Å²) in [6.07, 6.45) is 1.65. The number of rotatable bonds is 5. The number of aromatic nitrogens is 2. The second kappa shape index (κ2) is 8.76. The van der Waals surface area contributed by atoms with Gasteiger partial charge in [0.25, 0.3) is 0 Å². The molecule has 172 valence electrons. The number of benzene rings is 2. The average molecular weight is 465 g/mol. The first-order chi connectivity index (χ1) is 15.9. The van der Waals surface area contributed by atoms with Gasteiger partial charge in [0.1, 0.15) is 0 Å². The van der Waals surface area contributed by atoms with Crippen LogP contribution in [0, 0.1) is 6.92 Å². The largest absolute Gasteiger partial charge is 0.480 e. The number of nitrogens with zero attached hydrogens (tertiary/aromatic N) is 3. The molecule has 0 amide bonds. The van der Waals surface area contributed by atoms with E-state index >= 15 is 0 Å². The quantitative estimate of drug-likeness (QED) is 0.616. The van der Waals surface area contributed by atoms with Crippen molar-refractivity contribution in [1.82, 2.24) is 15.1 Å². The van der Waals surface area contributed by atoms with E-state index in [2.05, 4.69) is 63.7 Å². The van der Waals surface area contributed by atoms with Crippen LogP contribution in [0.2, 0.25) is 0 Å². The number of hydrogen-bond donors (Lipinski definition) is 1. The molecule has 0 bridgehead atoms. The molecule has 33 heavy (non-hydrogen) atoms. The molecule has 2 aliphatic heterocycles. The number of fused-ring (bicyclic) bond motifs is 1. The van der Waals surface area contributed by atoms with Gasteiger partial charge in [0, 0.05) is 42.1 Å². The fourth-order valence-corrected chi connectivity index (χ4v) is 6.59. The first-order valence-electron chi connectivity index (χ1n) is 11.2. The first-order valence-corrected chi connectivity index (χ1v) is 13.0. The van der Waals surface area contributed by atoms with Crippen LogP contribution in [0.5, 0.6) is 5.88 Å². The van der Waals surface area contributed by atoms with Crippen LogP contribution in [0.3, 0.4) is 0 Å². The lowest BCUT2D eigenvalue weighted by Gasteiger charge is -2.34. The zero-order chi connectivity index (χ0) is 23.0. The van der Waals surface area contributed by atoms with Crippen LogP contribution in [-0.4, -0.2) is 54.7 Å². The van der Waals surface area contributed by atoms with Crippen molar-refractivity contribution in [2.24, 2.45) is 0 Å². The molecule has 0 saturated carbocycles. The Kier molecular flexibility index (Phi) is 5.80. The molecule has 2 aliphatic rings. The van der Waals surface area contributed by atoms with E-state index in [0.717, 1.165) is 54.1 Å². The minimum atomic E-state index is -2.88. The minimum absolute atomic E-state index is 0.144. The molecule has 0 unspecified atom stereocenters. The summed E-state index contributed by atoms with van der Waals surface area (Å²) in [5, 5.41) is 12.0. The van der Waals surface area contributed by atoms with E-state index < -0.39 is 9.84 Å². The number of aryl methyl sites for hydroxylation is 1. The molecule has 1 aromatic heterocycles. The van der Waals surface area contributed by atoms with Crippen LogP contribution in [0.15, 0.2) is 48.5 Å². The van der Waals surface area contributed by atoms with E-state index in [1.54, 1.807) is 7.11 Å². The summed E-state index contributed by atoms with van der Waals surface area (Å²) in [7, 11) is -1.30. The van der Waals surface area contributed by atoms with Crippen LogP contribution in [0.4, 0.5) is 11.4 Å². The van der Waals surface area contributed by atoms with Crippen molar-refractivity contribution in [1.29, 1.82) is 0 Å². The molecule has 0 radical (unpaired) electrons. The van der Waals surface area contributed by atoms with Crippen LogP contribution in [0.25, 0.3) is 11.3 Å². The van der Waals surface area contributed by atoms with Crippen molar-refractivity contribution in [3.63, 3.8) is 0 Å². The summed E-state index contributed by atoms with van der Waals surface area (Å²) in [5.41, 5.74) is 7.61. The van der Waals surface area contributed by atoms with Crippen molar-refractivity contribution in [3.8, 4) is 17.1 Å². The molecule has 2 aromatic carbocycles. The SMILES string of the molecule is COc1ccc(-c2cc(Nc3cccc4c3CCN([C@@H]3CCS(=O)(=O)C3)C4)ccc2C)nn1. The predicted molar refractivity (Wildman–Crippen MR) is 130 cm³/mol. The highest BCUT2D eigenvalue weighted by Gasteiger charge is 2.34. The zero-order valence-electron chi connectivity index (χ0n) is 18.9. The van der Waals surface area contributed by atoms with E-state index in [4.69, 9.17) is 4.74 Å². The third kappa shape index (κ3) is 4.58. The maximum Gasteiger partial charge on any atom is 0.233 e. The summed E-state index contributed by atoms with van der Waals surface area (Å²) >= 11 is 0. The van der Waals surface area contributed by atoms with Crippen molar-refractivity contribution < 1.29 is 13.2 Å². The van der Waals surface area contributed by atoms with Crippen LogP contribution >= 0.6 is 0 Å². The van der Waals surface area contributed by atoms with Crippen LogP contribution in [-0.2, 0) is 22.8 Å². The number of hydrogen-bond acceptors (Lipinski definition) is 7. The normalized spacial score (nSPS) is 19.8. The molecule has 3 heterocycles. The summed E-state index contributed by atoms with van der Waals surface area (Å²) in [4.78, 5) is 2.34. The van der Waals surface area contributed by atoms with E-state index in [1.165, 1.54) is 11.1 Å². The Morgan fingerprint density at radius 2 is 2.00 bits per heavy atom. The average Bonchev–Trinajstić information content (AvgIpc) is 3.20. The molecule has 1 fully saturated rings. The third-order valence-electron chi connectivity index (χ3n) is 6.66. The van der Waals surface area contributed by atoms with Crippen LogP contribution < -0.4 is 10.1 Å². The molecule has 0 aliphatic carbocycles. The Hall–Kier alpha value is -2.97. The minimum Gasteiger partial charge on any atom is -0.480 e. The molecule has 0 spiro atoms. The van der Waals surface area contributed by atoms with Gasteiger partial charge in [0.05, 0.1) is 24.3 Å². The molecule has 3 aromatic rings. The molecule has 1 N–H and O–H groups in total. The van der Waals surface area contributed by atoms with Crippen molar-refractivity contribution in [2.75, 3.05) is 30.5 Å². The highest BCUT2D eigenvalue weighted by atomic mass is 32.2. The molecule has 8 heteroatoms. The summed E-state index contributed by atoms with van der Waals surface area (Å²) in [5.74, 6) is 1.10. The molecule has 5 rings (SSSR count). The molecular weight excluding hydrogens is 436 g/mol. The van der Waals surface area contributed by atoms with E-state index in [9.17, 15) is 8.42 Å². The Morgan fingerprint density at radius 1 is 1.12 bits per heavy atom. The number of sulfone groups is 1. The van der Waals surface area contributed by atoms with Gasteiger partial charge in [0.2, 0.25) is 5.88 Å². The lowest BCUT2D eigenvalue weighted by Crippen LogP contribution is -2.40. The monoisotopic (exact) mass is 464 g/mol. The Labute approximate surface area is 194 Å². The molecule has 7 nitrogen and oxygen atoms in total. The van der Waals surface area contributed by atoms with Gasteiger partial charge in [-0.3, -0.25) is 4.90 Å². The molecule has 1 saturated heterocycles. The number of nitrogens with one attached hydrogen (secondary N) is 1. The number of ether oxygens (including phenoxy) is 1. The van der Waals surface area contributed by atoms with Crippen molar-refractivity contribution in [3.05, 3.63) is 65.2 Å². The lowest BCUT2D eigenvalue weighted by molar-refractivity contribution is 0.194. The topological polar surface area (TPSA) is 84.4 Å². The Bertz CT molecular complexity index is 1280. The molecular formula is C25H28N4O3S. The fraction of sp³-hybridized carbons (Fsp3) is 0.360. The summed E-state index contributed by atoms with van der Waals surface area (Å²) in [6, 6.07) is 16.5. The fourth-order valence-electron chi connectivity index (χ4n) is 4.83. The summed E-state index contributed by atoms with van der Waals surface area (Å²) < 4.78 is 29.0. The van der Waals surface area contributed by atoms with Gasteiger partial charge in [-0.25, -0.2) is 8.42 Å². The van der Waals surface area contributed by atoms with Crippen LogP contribution in [0.1, 0.15) is 23.1 Å². The lowest BCUT2D eigenvalue weighted by atomic mass is 9.96. The van der Waals surface area contributed by atoms with Gasteiger partial charge in [-0.2, -0.15) is 0 Å². The maximum absolute atomic E-state index is 11.9. The van der Waals surface area contributed by atoms with Gasteiger partial charge in [-0.15, -0.1) is 10.2 Å². The van der Waals surface area contributed by atoms with E-state index in [-0.39, 0.29) is 6.04 Å². The third-order valence-corrected chi connectivity index (χ3v) is 8.41. The zero-order valence-corrected chi connectivity index (χ0v) is 19.7. The highest BCUT2D eigenvalue weighted by molar-refractivity contribution is 7.91. The summed E-state index contributed by atoms with van der Waals surface area (Å²) in [6.45, 7) is 3.74. The second-order valence-electron chi connectivity index (χ2n) is 8.84. The predicted octanol–water partition coefficient (Wildman–Crippen LogP) is 3.75. The van der Waals surface area contributed by atoms with E-state index in [0.29, 0.717) is 17.4 Å². The smallest absolute Gasteiger partial charge is 0.233 e. The van der Waals surface area contributed by atoms with Crippen molar-refractivity contribution >= 4 is 21.2 Å². The van der Waals surface area contributed by atoms with Gasteiger partial charge in [0.15, 0.2) is 9.84 Å². The Morgan fingerprint density at radius 3 is 2.73 bits per heavy atom. The van der Waals surface area contributed by atoms with Gasteiger partial charge in [-0.05, 0) is 60.7 Å². The standard InChI is InChI=1S/C25H28N4O3S/c1-17-6-7-19(14-22(17)24-8-9-25(32-2)28-27-24)26-23-5-3-4-18-15-29(12-10-21(18)23)20-11-13-33(30,31)16-20/h3-9,14,20,26H,10-13,15-16H2,1-2H3/t20-/m1/s1. The highest BCUT2D eigenvalue weighted by Crippen LogP contribution is 2.33. The van der Waals surface area contributed by atoms with Gasteiger partial charge >= 0.3 is 0 Å². The maximum atomic E-state index is 11.9. The number of anilines is 2. The Balaban J connectivity index is 1.37. The van der Waals surface area contributed by atoms with Crippen molar-refractivity contribution in [2.45, 2.75) is 32.4 Å². The first kappa shape index (κ1) is 21.9. The number of methoxy groups -OCH3 is 1. The van der Waals surface area contributed by atoms with E-state index in [1.807, 2.05) is 12.1 Å². The molecule has 1 atom stereocenters. The second-order valence-corrected chi connectivity index (χ2v) is 11.1.